The lowest BCUT2D eigenvalue weighted by Crippen LogP contribution is -1.87. The lowest BCUT2D eigenvalue weighted by molar-refractivity contribution is 0.543. The summed E-state index contributed by atoms with van der Waals surface area (Å²) in [6.45, 7) is 6.38. The van der Waals surface area contributed by atoms with Gasteiger partial charge in [0, 0.05) is 0 Å². The predicted molar refractivity (Wildman–Crippen MR) is 82.1 cm³/mol. The number of aryl methyl sites for hydroxylation is 1. The van der Waals surface area contributed by atoms with Crippen molar-refractivity contribution in [3.63, 3.8) is 0 Å². The van der Waals surface area contributed by atoms with Gasteiger partial charge in [-0.2, -0.15) is 0 Å². The van der Waals surface area contributed by atoms with Gasteiger partial charge in [0.25, 0.3) is 0 Å². The molecular formula is C17H29NO. The van der Waals surface area contributed by atoms with Gasteiger partial charge >= 0.3 is 0 Å². The SMILES string of the molecule is CCCCCCCCCCc1coc(C=C(C)C)n1. The Kier molecular flexibility index (Phi) is 8.28. The van der Waals surface area contributed by atoms with Gasteiger partial charge in [-0.25, -0.2) is 4.98 Å². The first-order chi connectivity index (χ1) is 9.22. The smallest absolute Gasteiger partial charge is 0.218 e. The van der Waals surface area contributed by atoms with E-state index in [0.717, 1.165) is 18.0 Å². The van der Waals surface area contributed by atoms with Crippen molar-refractivity contribution in [2.24, 2.45) is 0 Å². The van der Waals surface area contributed by atoms with E-state index in [2.05, 4.69) is 25.8 Å². The molecule has 0 saturated heterocycles. The number of hydrogen-bond donors (Lipinski definition) is 0. The molecule has 1 aromatic heterocycles. The van der Waals surface area contributed by atoms with Gasteiger partial charge in [0.2, 0.25) is 5.89 Å². The van der Waals surface area contributed by atoms with Crippen molar-refractivity contribution >= 4 is 6.08 Å². The Morgan fingerprint density at radius 2 is 1.68 bits per heavy atom. The van der Waals surface area contributed by atoms with E-state index in [4.69, 9.17) is 4.42 Å². The van der Waals surface area contributed by atoms with Crippen LogP contribution in [0, 0.1) is 0 Å². The van der Waals surface area contributed by atoms with E-state index < -0.39 is 0 Å². The molecule has 1 aromatic rings. The zero-order valence-corrected chi connectivity index (χ0v) is 12.9. The van der Waals surface area contributed by atoms with Crippen molar-refractivity contribution in [2.45, 2.75) is 78.6 Å². The second-order valence-electron chi connectivity index (χ2n) is 5.62. The van der Waals surface area contributed by atoms with Crippen molar-refractivity contribution in [2.75, 3.05) is 0 Å². The Morgan fingerprint density at radius 1 is 1.05 bits per heavy atom. The highest BCUT2D eigenvalue weighted by Gasteiger charge is 2.01. The van der Waals surface area contributed by atoms with Gasteiger partial charge in [-0.05, 0) is 32.8 Å². The van der Waals surface area contributed by atoms with Gasteiger partial charge in [0.15, 0.2) is 0 Å². The van der Waals surface area contributed by atoms with Gasteiger partial charge in [0.05, 0.1) is 5.69 Å². The molecule has 0 bridgehead atoms. The van der Waals surface area contributed by atoms with Crippen LogP contribution in [0.25, 0.3) is 6.08 Å². The molecule has 0 amide bonds. The topological polar surface area (TPSA) is 26.0 Å². The van der Waals surface area contributed by atoms with Crippen molar-refractivity contribution in [3.05, 3.63) is 23.4 Å². The van der Waals surface area contributed by atoms with Gasteiger partial charge < -0.3 is 4.42 Å². The summed E-state index contributed by atoms with van der Waals surface area (Å²) >= 11 is 0. The maximum absolute atomic E-state index is 5.41. The highest BCUT2D eigenvalue weighted by molar-refractivity contribution is 5.41. The molecule has 0 saturated carbocycles. The number of nitrogens with zero attached hydrogens (tertiary/aromatic N) is 1. The van der Waals surface area contributed by atoms with E-state index in [9.17, 15) is 0 Å². The molecule has 0 aromatic carbocycles. The lowest BCUT2D eigenvalue weighted by Gasteiger charge is -2.00. The van der Waals surface area contributed by atoms with E-state index in [1.165, 1.54) is 56.9 Å². The first kappa shape index (κ1) is 16.0. The van der Waals surface area contributed by atoms with E-state index in [1.54, 1.807) is 6.26 Å². The minimum absolute atomic E-state index is 0.745. The van der Waals surface area contributed by atoms with Crippen LogP contribution in [0.2, 0.25) is 0 Å². The van der Waals surface area contributed by atoms with Crippen LogP contribution in [-0.2, 0) is 6.42 Å². The van der Waals surface area contributed by atoms with E-state index in [1.807, 2.05) is 6.08 Å². The normalized spacial score (nSPS) is 10.7. The molecule has 0 spiro atoms. The molecule has 0 radical (unpaired) electrons. The molecule has 0 atom stereocenters. The fourth-order valence-electron chi connectivity index (χ4n) is 2.19. The first-order valence-corrected chi connectivity index (χ1v) is 7.81. The van der Waals surface area contributed by atoms with Crippen LogP contribution in [0.4, 0.5) is 0 Å². The summed E-state index contributed by atoms with van der Waals surface area (Å²) in [5.74, 6) is 0.745. The molecule has 1 rings (SSSR count). The van der Waals surface area contributed by atoms with Gasteiger partial charge in [-0.1, -0.05) is 57.4 Å². The van der Waals surface area contributed by atoms with Crippen molar-refractivity contribution in [1.29, 1.82) is 0 Å². The van der Waals surface area contributed by atoms with E-state index in [0.29, 0.717) is 0 Å². The van der Waals surface area contributed by atoms with E-state index >= 15 is 0 Å². The molecule has 2 heteroatoms. The third kappa shape index (κ3) is 7.86. The maximum Gasteiger partial charge on any atom is 0.218 e. The Bertz CT molecular complexity index is 361. The van der Waals surface area contributed by atoms with Crippen LogP contribution >= 0.6 is 0 Å². The molecular weight excluding hydrogens is 234 g/mol. The monoisotopic (exact) mass is 263 g/mol. The number of allylic oxidation sites excluding steroid dienone is 1. The minimum atomic E-state index is 0.745. The Hall–Kier alpha value is -1.05. The van der Waals surface area contributed by atoms with Crippen LogP contribution in [0.15, 0.2) is 16.3 Å². The van der Waals surface area contributed by atoms with Gasteiger partial charge in [-0.3, -0.25) is 0 Å². The Balaban J connectivity index is 2.06. The summed E-state index contributed by atoms with van der Waals surface area (Å²) in [5.41, 5.74) is 2.32. The van der Waals surface area contributed by atoms with Crippen LogP contribution in [0.1, 0.15) is 83.7 Å². The summed E-state index contributed by atoms with van der Waals surface area (Å²) in [7, 11) is 0. The summed E-state index contributed by atoms with van der Waals surface area (Å²) in [4.78, 5) is 4.47. The van der Waals surface area contributed by atoms with Crippen LogP contribution in [-0.4, -0.2) is 4.98 Å². The highest BCUT2D eigenvalue weighted by Crippen LogP contribution is 2.12. The molecule has 1 heterocycles. The number of aromatic nitrogens is 1. The van der Waals surface area contributed by atoms with E-state index in [-0.39, 0.29) is 0 Å². The predicted octanol–water partition coefficient (Wildman–Crippen LogP) is 5.78. The summed E-state index contributed by atoms with van der Waals surface area (Å²) in [5, 5.41) is 0. The minimum Gasteiger partial charge on any atom is -0.445 e. The zero-order valence-electron chi connectivity index (χ0n) is 12.9. The average Bonchev–Trinajstić information content (AvgIpc) is 2.79. The summed E-state index contributed by atoms with van der Waals surface area (Å²) < 4.78 is 5.41. The highest BCUT2D eigenvalue weighted by atomic mass is 16.3. The third-order valence-electron chi connectivity index (χ3n) is 3.27. The molecule has 0 aliphatic heterocycles. The van der Waals surface area contributed by atoms with Crippen LogP contribution < -0.4 is 0 Å². The fourth-order valence-corrected chi connectivity index (χ4v) is 2.19. The Morgan fingerprint density at radius 3 is 2.32 bits per heavy atom. The van der Waals surface area contributed by atoms with Crippen molar-refractivity contribution < 1.29 is 4.42 Å². The van der Waals surface area contributed by atoms with Crippen LogP contribution in [0.3, 0.4) is 0 Å². The third-order valence-corrected chi connectivity index (χ3v) is 3.27. The summed E-state index contributed by atoms with van der Waals surface area (Å²) in [6.07, 6.45) is 15.7. The lowest BCUT2D eigenvalue weighted by atomic mass is 10.1. The molecule has 0 aliphatic carbocycles. The largest absolute Gasteiger partial charge is 0.445 e. The average molecular weight is 263 g/mol. The number of hydrogen-bond acceptors (Lipinski definition) is 2. The standard InChI is InChI=1S/C17H29NO/c1-4-5-6-7-8-9-10-11-12-16-14-19-17(18-16)13-15(2)3/h13-14H,4-12H2,1-3H3. The van der Waals surface area contributed by atoms with Crippen LogP contribution in [0.5, 0.6) is 0 Å². The first-order valence-electron chi connectivity index (χ1n) is 7.81. The maximum atomic E-state index is 5.41. The Labute approximate surface area is 118 Å². The van der Waals surface area contributed by atoms with Crippen molar-refractivity contribution in [3.8, 4) is 0 Å². The summed E-state index contributed by atoms with van der Waals surface area (Å²) in [6, 6.07) is 0. The van der Waals surface area contributed by atoms with Gasteiger partial charge in [0.1, 0.15) is 6.26 Å². The molecule has 2 nitrogen and oxygen atoms in total. The molecule has 19 heavy (non-hydrogen) atoms. The molecule has 108 valence electrons. The molecule has 0 aliphatic rings. The second kappa shape index (κ2) is 9.82. The quantitative estimate of drug-likeness (QED) is 0.500. The second-order valence-corrected chi connectivity index (χ2v) is 5.62. The fraction of sp³-hybridized carbons (Fsp3) is 0.706. The number of unbranched alkanes of at least 4 members (excludes halogenated alkanes) is 7. The van der Waals surface area contributed by atoms with Crippen molar-refractivity contribution in [1.82, 2.24) is 4.98 Å². The number of oxazole rings is 1. The molecule has 0 fully saturated rings. The number of rotatable bonds is 10. The molecule has 0 N–H and O–H groups in total. The van der Waals surface area contributed by atoms with Gasteiger partial charge in [-0.15, -0.1) is 0 Å². The zero-order chi connectivity index (χ0) is 13.9. The molecule has 0 unspecified atom stereocenters.